The van der Waals surface area contributed by atoms with E-state index in [1.54, 1.807) is 0 Å². The minimum absolute atomic E-state index is 0.399. The Morgan fingerprint density at radius 3 is 2.33 bits per heavy atom. The molecule has 1 aromatic carbocycles. The lowest BCUT2D eigenvalue weighted by Crippen LogP contribution is -2.39. The number of hydrogen-bond acceptors (Lipinski definition) is 3. The Morgan fingerprint density at radius 1 is 1.14 bits per heavy atom. The van der Waals surface area contributed by atoms with Gasteiger partial charge in [-0.2, -0.15) is 0 Å². The van der Waals surface area contributed by atoms with E-state index in [4.69, 9.17) is 4.74 Å². The van der Waals surface area contributed by atoms with Gasteiger partial charge in [0.05, 0.1) is 0 Å². The SMILES string of the molecule is CCC(NC)c1cccc(OCCN(C(C)C)C(C)C)c1. The number of ether oxygens (including phenoxy) is 1. The van der Waals surface area contributed by atoms with Crippen molar-refractivity contribution in [2.75, 3.05) is 20.2 Å². The van der Waals surface area contributed by atoms with E-state index in [2.05, 4.69) is 63.0 Å². The highest BCUT2D eigenvalue weighted by Crippen LogP contribution is 2.21. The second-order valence-electron chi connectivity index (χ2n) is 6.10. The Kier molecular flexibility index (Phi) is 7.76. The first-order valence-electron chi connectivity index (χ1n) is 8.15. The summed E-state index contributed by atoms with van der Waals surface area (Å²) in [6.07, 6.45) is 1.08. The molecule has 0 aromatic heterocycles. The first-order valence-corrected chi connectivity index (χ1v) is 8.15. The Balaban J connectivity index is 2.58. The molecule has 120 valence electrons. The van der Waals surface area contributed by atoms with Gasteiger partial charge in [-0.05, 0) is 58.9 Å². The lowest BCUT2D eigenvalue weighted by Gasteiger charge is -2.30. The maximum Gasteiger partial charge on any atom is 0.119 e. The number of rotatable bonds is 9. The molecule has 3 heteroatoms. The molecular weight excluding hydrogens is 260 g/mol. The van der Waals surface area contributed by atoms with Crippen LogP contribution in [-0.2, 0) is 0 Å². The van der Waals surface area contributed by atoms with E-state index >= 15 is 0 Å². The lowest BCUT2D eigenvalue weighted by atomic mass is 10.0. The molecule has 1 N–H and O–H groups in total. The topological polar surface area (TPSA) is 24.5 Å². The molecule has 0 heterocycles. The van der Waals surface area contributed by atoms with E-state index in [1.807, 2.05) is 13.1 Å². The van der Waals surface area contributed by atoms with Crippen LogP contribution in [0.25, 0.3) is 0 Å². The van der Waals surface area contributed by atoms with Gasteiger partial charge in [0.1, 0.15) is 12.4 Å². The fourth-order valence-electron chi connectivity index (χ4n) is 2.81. The van der Waals surface area contributed by atoms with Crippen LogP contribution in [0.4, 0.5) is 0 Å². The number of hydrogen-bond donors (Lipinski definition) is 1. The Labute approximate surface area is 130 Å². The highest BCUT2D eigenvalue weighted by molar-refractivity contribution is 5.30. The van der Waals surface area contributed by atoms with Crippen LogP contribution in [-0.4, -0.2) is 37.2 Å². The summed E-state index contributed by atoms with van der Waals surface area (Å²) in [5.41, 5.74) is 1.29. The van der Waals surface area contributed by atoms with Crippen molar-refractivity contribution in [1.82, 2.24) is 10.2 Å². The monoisotopic (exact) mass is 292 g/mol. The van der Waals surface area contributed by atoms with E-state index in [0.29, 0.717) is 18.1 Å². The molecule has 0 fully saturated rings. The maximum absolute atomic E-state index is 5.95. The summed E-state index contributed by atoms with van der Waals surface area (Å²) < 4.78 is 5.95. The first kappa shape index (κ1) is 18.0. The van der Waals surface area contributed by atoms with E-state index in [9.17, 15) is 0 Å². The summed E-state index contributed by atoms with van der Waals surface area (Å²) in [7, 11) is 2.00. The summed E-state index contributed by atoms with van der Waals surface area (Å²) >= 11 is 0. The van der Waals surface area contributed by atoms with Gasteiger partial charge in [0.15, 0.2) is 0 Å². The van der Waals surface area contributed by atoms with Crippen LogP contribution in [0.3, 0.4) is 0 Å². The van der Waals surface area contributed by atoms with Crippen molar-refractivity contribution in [3.8, 4) is 5.75 Å². The number of nitrogens with zero attached hydrogens (tertiary/aromatic N) is 1. The molecule has 1 rings (SSSR count). The van der Waals surface area contributed by atoms with Crippen molar-refractivity contribution >= 4 is 0 Å². The largest absolute Gasteiger partial charge is 0.492 e. The van der Waals surface area contributed by atoms with Gasteiger partial charge >= 0.3 is 0 Å². The Hall–Kier alpha value is -1.06. The van der Waals surface area contributed by atoms with Gasteiger partial charge in [0.25, 0.3) is 0 Å². The van der Waals surface area contributed by atoms with Gasteiger partial charge in [-0.1, -0.05) is 19.1 Å². The summed E-state index contributed by atoms with van der Waals surface area (Å²) in [6.45, 7) is 12.8. The molecule has 1 unspecified atom stereocenters. The van der Waals surface area contributed by atoms with Crippen molar-refractivity contribution in [2.24, 2.45) is 0 Å². The van der Waals surface area contributed by atoms with Gasteiger partial charge in [0, 0.05) is 24.7 Å². The molecule has 0 radical (unpaired) electrons. The zero-order valence-electron chi connectivity index (χ0n) is 14.5. The molecule has 1 atom stereocenters. The van der Waals surface area contributed by atoms with E-state index in [-0.39, 0.29) is 0 Å². The average Bonchev–Trinajstić information content (AvgIpc) is 2.44. The van der Waals surface area contributed by atoms with E-state index in [0.717, 1.165) is 25.3 Å². The molecule has 0 aliphatic rings. The minimum atomic E-state index is 0.399. The zero-order chi connectivity index (χ0) is 15.8. The molecule has 0 bridgehead atoms. The molecular formula is C18H32N2O. The summed E-state index contributed by atoms with van der Waals surface area (Å²) in [5, 5.41) is 3.34. The maximum atomic E-state index is 5.95. The molecule has 1 aromatic rings. The van der Waals surface area contributed by atoms with Gasteiger partial charge < -0.3 is 10.1 Å². The van der Waals surface area contributed by atoms with Crippen LogP contribution in [0.1, 0.15) is 52.6 Å². The van der Waals surface area contributed by atoms with Gasteiger partial charge in [0.2, 0.25) is 0 Å². The second-order valence-corrected chi connectivity index (χ2v) is 6.10. The fourth-order valence-corrected chi connectivity index (χ4v) is 2.81. The van der Waals surface area contributed by atoms with E-state index < -0.39 is 0 Å². The quantitative estimate of drug-likeness (QED) is 0.748. The summed E-state index contributed by atoms with van der Waals surface area (Å²) in [6, 6.07) is 9.93. The highest BCUT2D eigenvalue weighted by Gasteiger charge is 2.13. The molecule has 0 aliphatic carbocycles. The molecule has 0 spiro atoms. The van der Waals surface area contributed by atoms with Crippen LogP contribution >= 0.6 is 0 Å². The lowest BCUT2D eigenvalue weighted by molar-refractivity contribution is 0.142. The van der Waals surface area contributed by atoms with Crippen LogP contribution in [0.15, 0.2) is 24.3 Å². The van der Waals surface area contributed by atoms with Crippen LogP contribution in [0.2, 0.25) is 0 Å². The third kappa shape index (κ3) is 5.68. The second kappa shape index (κ2) is 9.06. The standard InChI is InChI=1S/C18H32N2O/c1-7-18(19-6)16-9-8-10-17(13-16)21-12-11-20(14(2)3)15(4)5/h8-10,13-15,18-19H,7,11-12H2,1-6H3. The summed E-state index contributed by atoms with van der Waals surface area (Å²) in [4.78, 5) is 2.45. The molecule has 21 heavy (non-hydrogen) atoms. The van der Waals surface area contributed by atoms with Crippen LogP contribution in [0, 0.1) is 0 Å². The molecule has 0 saturated carbocycles. The van der Waals surface area contributed by atoms with Gasteiger partial charge in [-0.25, -0.2) is 0 Å². The highest BCUT2D eigenvalue weighted by atomic mass is 16.5. The Morgan fingerprint density at radius 2 is 1.81 bits per heavy atom. The predicted octanol–water partition coefficient (Wildman–Crippen LogP) is 3.85. The third-order valence-corrected chi connectivity index (χ3v) is 3.96. The van der Waals surface area contributed by atoms with Crippen LogP contribution < -0.4 is 10.1 Å². The smallest absolute Gasteiger partial charge is 0.119 e. The van der Waals surface area contributed by atoms with Crippen molar-refractivity contribution in [2.45, 2.75) is 59.2 Å². The van der Waals surface area contributed by atoms with E-state index in [1.165, 1.54) is 5.56 Å². The van der Waals surface area contributed by atoms with Crippen molar-refractivity contribution in [1.29, 1.82) is 0 Å². The van der Waals surface area contributed by atoms with Gasteiger partial charge in [-0.15, -0.1) is 0 Å². The zero-order valence-corrected chi connectivity index (χ0v) is 14.5. The predicted molar refractivity (Wildman–Crippen MR) is 91.0 cm³/mol. The molecule has 0 saturated heterocycles. The molecule has 3 nitrogen and oxygen atoms in total. The third-order valence-electron chi connectivity index (χ3n) is 3.96. The van der Waals surface area contributed by atoms with Crippen LogP contribution in [0.5, 0.6) is 5.75 Å². The minimum Gasteiger partial charge on any atom is -0.492 e. The Bertz CT molecular complexity index is 392. The number of nitrogens with one attached hydrogen (secondary N) is 1. The molecule has 0 aliphatic heterocycles. The molecule has 0 amide bonds. The average molecular weight is 292 g/mol. The fraction of sp³-hybridized carbons (Fsp3) is 0.667. The number of benzene rings is 1. The van der Waals surface area contributed by atoms with Crippen molar-refractivity contribution in [3.63, 3.8) is 0 Å². The first-order chi connectivity index (χ1) is 9.99. The summed E-state index contributed by atoms with van der Waals surface area (Å²) in [5.74, 6) is 0.966. The van der Waals surface area contributed by atoms with Gasteiger partial charge in [-0.3, -0.25) is 4.90 Å². The van der Waals surface area contributed by atoms with Crippen molar-refractivity contribution < 1.29 is 4.74 Å². The van der Waals surface area contributed by atoms with Crippen molar-refractivity contribution in [3.05, 3.63) is 29.8 Å². The normalized spacial score (nSPS) is 13.2.